The van der Waals surface area contributed by atoms with E-state index in [-0.39, 0.29) is 11.2 Å². The molecule has 37 heavy (non-hydrogen) atoms. The fourth-order valence-corrected chi connectivity index (χ4v) is 4.99. The zero-order valence-electron chi connectivity index (χ0n) is 21.3. The summed E-state index contributed by atoms with van der Waals surface area (Å²) in [5.74, 6) is -1.12. The molecule has 0 aliphatic heterocycles. The number of esters is 1. The van der Waals surface area contributed by atoms with Crippen LogP contribution in [0.1, 0.15) is 53.5 Å². The number of pyridine rings is 1. The van der Waals surface area contributed by atoms with Crippen LogP contribution in [0.4, 0.5) is 5.69 Å². The van der Waals surface area contributed by atoms with Gasteiger partial charge in [-0.15, -0.1) is 0 Å². The van der Waals surface area contributed by atoms with Crippen molar-refractivity contribution >= 4 is 28.5 Å². The van der Waals surface area contributed by atoms with Crippen LogP contribution in [-0.2, 0) is 29.4 Å². The van der Waals surface area contributed by atoms with Gasteiger partial charge >= 0.3 is 5.97 Å². The summed E-state index contributed by atoms with van der Waals surface area (Å²) in [5, 5.41) is 3.42. The van der Waals surface area contributed by atoms with Gasteiger partial charge in [0.2, 0.25) is 0 Å². The molecule has 2 aromatic heterocycles. The van der Waals surface area contributed by atoms with Crippen LogP contribution in [0.3, 0.4) is 0 Å². The first kappa shape index (κ1) is 24.5. The lowest BCUT2D eigenvalue weighted by Gasteiger charge is -2.17. The van der Waals surface area contributed by atoms with Crippen molar-refractivity contribution in [2.24, 2.45) is 7.05 Å². The zero-order chi connectivity index (χ0) is 26.1. The van der Waals surface area contributed by atoms with Crippen molar-refractivity contribution in [3.05, 3.63) is 87.5 Å². The summed E-state index contributed by atoms with van der Waals surface area (Å²) >= 11 is 0. The number of aromatic nitrogens is 3. The van der Waals surface area contributed by atoms with Gasteiger partial charge in [0.25, 0.3) is 11.5 Å². The van der Waals surface area contributed by atoms with Crippen molar-refractivity contribution in [2.45, 2.75) is 52.1 Å². The van der Waals surface area contributed by atoms with Gasteiger partial charge in [-0.1, -0.05) is 42.8 Å². The summed E-state index contributed by atoms with van der Waals surface area (Å²) < 4.78 is 8.86. The molecule has 5 rings (SSSR count). The van der Waals surface area contributed by atoms with Crippen molar-refractivity contribution < 1.29 is 14.3 Å². The van der Waals surface area contributed by atoms with E-state index in [0.717, 1.165) is 54.3 Å². The number of amides is 1. The first-order valence-corrected chi connectivity index (χ1v) is 12.6. The minimum atomic E-state index is -1.11. The molecule has 2 heterocycles. The number of fused-ring (bicyclic) bond motifs is 2. The van der Waals surface area contributed by atoms with Gasteiger partial charge in [0.15, 0.2) is 6.10 Å². The van der Waals surface area contributed by atoms with Crippen molar-refractivity contribution in [2.75, 3.05) is 5.32 Å². The van der Waals surface area contributed by atoms with Crippen LogP contribution in [0, 0.1) is 6.92 Å². The Kier molecular flexibility index (Phi) is 6.65. The summed E-state index contributed by atoms with van der Waals surface area (Å²) in [4.78, 5) is 44.6. The van der Waals surface area contributed by atoms with Gasteiger partial charge in [-0.3, -0.25) is 19.3 Å². The molecular weight excluding hydrogens is 468 g/mol. The van der Waals surface area contributed by atoms with Crippen LogP contribution < -0.4 is 10.9 Å². The van der Waals surface area contributed by atoms with Crippen LogP contribution in [0.25, 0.3) is 16.6 Å². The highest BCUT2D eigenvalue weighted by Gasteiger charge is 2.27. The van der Waals surface area contributed by atoms with E-state index < -0.39 is 18.0 Å². The number of carbonyl (C=O) groups is 2. The quantitative estimate of drug-likeness (QED) is 0.323. The molecule has 8 nitrogen and oxygen atoms in total. The Balaban J connectivity index is 1.42. The zero-order valence-corrected chi connectivity index (χ0v) is 21.3. The predicted molar refractivity (Wildman–Crippen MR) is 142 cm³/mol. The summed E-state index contributed by atoms with van der Waals surface area (Å²) in [6.45, 7) is 3.27. The number of para-hydroxylation sites is 2. The van der Waals surface area contributed by atoms with Gasteiger partial charge in [0.05, 0.1) is 22.5 Å². The molecule has 1 N–H and O–H groups in total. The third-order valence-electron chi connectivity index (χ3n) is 7.08. The number of aryl methyl sites for hydroxylation is 1. The maximum atomic E-state index is 13.5. The Bertz CT molecular complexity index is 1550. The van der Waals surface area contributed by atoms with Gasteiger partial charge < -0.3 is 10.1 Å². The van der Waals surface area contributed by atoms with E-state index in [1.54, 1.807) is 18.7 Å². The van der Waals surface area contributed by atoms with Gasteiger partial charge in [0, 0.05) is 18.1 Å². The number of anilines is 1. The smallest absolute Gasteiger partial charge is 0.339 e. The third-order valence-corrected chi connectivity index (χ3v) is 7.08. The Morgan fingerprint density at radius 2 is 1.70 bits per heavy atom. The first-order chi connectivity index (χ1) is 17.9. The highest BCUT2D eigenvalue weighted by Crippen LogP contribution is 2.29. The number of nitrogens with zero attached hydrogens (tertiary/aromatic N) is 3. The normalized spacial score (nSPS) is 14.0. The Labute approximate surface area is 214 Å². The lowest BCUT2D eigenvalue weighted by Crippen LogP contribution is -2.32. The van der Waals surface area contributed by atoms with E-state index in [2.05, 4.69) is 5.32 Å². The van der Waals surface area contributed by atoms with Crippen LogP contribution in [0.15, 0.2) is 59.4 Å². The number of nitrogens with one attached hydrogen (secondary N) is 1. The van der Waals surface area contributed by atoms with E-state index >= 15 is 0 Å². The summed E-state index contributed by atoms with van der Waals surface area (Å²) in [6.07, 6.45) is 3.55. The Hall–Kier alpha value is -4.20. The topological polar surface area (TPSA) is 95.2 Å². The van der Waals surface area contributed by atoms with Crippen molar-refractivity contribution in [1.82, 2.24) is 14.3 Å². The molecule has 0 radical (unpaired) electrons. The fourth-order valence-electron chi connectivity index (χ4n) is 4.99. The van der Waals surface area contributed by atoms with Crippen LogP contribution in [0.2, 0.25) is 0 Å². The maximum absolute atomic E-state index is 13.5. The molecule has 8 heteroatoms. The second-order valence-corrected chi connectivity index (χ2v) is 9.46. The monoisotopic (exact) mass is 498 g/mol. The van der Waals surface area contributed by atoms with Crippen LogP contribution >= 0.6 is 0 Å². The third kappa shape index (κ3) is 4.55. The molecule has 1 amide bonds. The van der Waals surface area contributed by atoms with Crippen molar-refractivity contribution in [3.63, 3.8) is 0 Å². The van der Waals surface area contributed by atoms with E-state index in [1.807, 2.05) is 54.6 Å². The fraction of sp³-hybridized carbons (Fsp3) is 0.310. The number of carbonyl (C=O) groups excluding carboxylic acids is 2. The Morgan fingerprint density at radius 1 is 1.00 bits per heavy atom. The molecule has 0 spiro atoms. The number of ether oxygens (including phenoxy) is 1. The summed E-state index contributed by atoms with van der Waals surface area (Å²) in [6, 6.07) is 16.7. The van der Waals surface area contributed by atoms with E-state index in [4.69, 9.17) is 9.72 Å². The van der Waals surface area contributed by atoms with Gasteiger partial charge in [-0.25, -0.2) is 9.48 Å². The second-order valence-electron chi connectivity index (χ2n) is 9.46. The molecule has 190 valence electrons. The molecular formula is C29H30N4O4. The number of hydrogen-bond donors (Lipinski definition) is 1. The highest BCUT2D eigenvalue weighted by atomic mass is 16.5. The average molecular weight is 499 g/mol. The average Bonchev–Trinajstić information content (AvgIpc) is 3.04. The molecule has 1 aliphatic carbocycles. The molecule has 0 fully saturated rings. The molecule has 0 saturated carbocycles. The molecule has 2 aromatic carbocycles. The predicted octanol–water partition coefficient (Wildman–Crippen LogP) is 4.49. The number of rotatable bonds is 5. The van der Waals surface area contributed by atoms with Gasteiger partial charge in [0.1, 0.15) is 5.69 Å². The van der Waals surface area contributed by atoms with Gasteiger partial charge in [-0.05, 0) is 63.3 Å². The molecule has 1 atom stereocenters. The van der Waals surface area contributed by atoms with E-state index in [9.17, 15) is 14.4 Å². The number of hydrogen-bond acceptors (Lipinski definition) is 5. The van der Waals surface area contributed by atoms with Crippen molar-refractivity contribution in [3.8, 4) is 5.69 Å². The summed E-state index contributed by atoms with van der Waals surface area (Å²) in [5.41, 5.74) is 4.15. The molecule has 0 saturated heterocycles. The lowest BCUT2D eigenvalue weighted by molar-refractivity contribution is -0.123. The number of benzene rings is 2. The van der Waals surface area contributed by atoms with E-state index in [1.165, 1.54) is 11.6 Å². The van der Waals surface area contributed by atoms with E-state index in [0.29, 0.717) is 16.9 Å². The molecule has 1 aliphatic rings. The minimum Gasteiger partial charge on any atom is -0.449 e. The Morgan fingerprint density at radius 3 is 2.49 bits per heavy atom. The standard InChI is InChI=1S/C29H30N4O4/c1-18-26(28(35)33(32(18)3)20-12-6-4-7-13-20)31-27(34)19(2)37-29(36)25-21-14-8-5-9-16-23(21)30-24-17-11-10-15-22(24)25/h4,6-7,10-13,15,17,19H,5,8-9,14,16H2,1-3H3,(H,31,34)/t19-/m1/s1. The van der Waals surface area contributed by atoms with Gasteiger partial charge in [-0.2, -0.15) is 0 Å². The lowest BCUT2D eigenvalue weighted by atomic mass is 9.97. The van der Waals surface area contributed by atoms with Crippen molar-refractivity contribution in [1.29, 1.82) is 0 Å². The molecule has 0 bridgehead atoms. The molecule has 4 aromatic rings. The maximum Gasteiger partial charge on any atom is 0.339 e. The SMILES string of the molecule is Cc1c(NC(=O)[C@@H](C)OC(=O)c2c3c(nc4ccccc24)CCCCC3)c(=O)n(-c2ccccc2)n1C. The highest BCUT2D eigenvalue weighted by molar-refractivity contribution is 6.06. The van der Waals surface area contributed by atoms with Crippen LogP contribution in [-0.4, -0.2) is 32.3 Å². The molecule has 0 unspecified atom stereocenters. The largest absolute Gasteiger partial charge is 0.449 e. The first-order valence-electron chi connectivity index (χ1n) is 12.6. The second kappa shape index (κ2) is 10.0. The minimum absolute atomic E-state index is 0.155. The van der Waals surface area contributed by atoms with Crippen LogP contribution in [0.5, 0.6) is 0 Å². The summed E-state index contributed by atoms with van der Waals surface area (Å²) in [7, 11) is 1.75.